The maximum Gasteiger partial charge on any atom is 0.224 e. The Morgan fingerprint density at radius 2 is 1.81 bits per heavy atom. The number of aromatic nitrogens is 1. The Hall–Kier alpha value is -1.69. The number of anilines is 1. The van der Waals surface area contributed by atoms with Gasteiger partial charge in [-0.05, 0) is 98.8 Å². The van der Waals surface area contributed by atoms with Crippen molar-refractivity contribution in [1.82, 2.24) is 4.98 Å². The fourth-order valence-corrected chi connectivity index (χ4v) is 7.13. The SMILES string of the molecule is O=C(CC12CC3CC(CC(C3)C1)C2)Nc1c(Cl)ccc2nc(CCC(O)CO)ccc12. The number of carbonyl (C=O) groups excluding carboxylic acids is 1. The monoisotopic (exact) mass is 442 g/mol. The molecule has 5 nitrogen and oxygen atoms in total. The van der Waals surface area contributed by atoms with E-state index in [4.69, 9.17) is 16.7 Å². The molecule has 4 aliphatic rings. The third-order valence-corrected chi connectivity index (χ3v) is 8.10. The maximum atomic E-state index is 13.1. The van der Waals surface area contributed by atoms with Crippen molar-refractivity contribution in [3.8, 4) is 0 Å². The number of hydrogen-bond acceptors (Lipinski definition) is 4. The number of halogens is 1. The van der Waals surface area contributed by atoms with E-state index in [1.54, 1.807) is 6.07 Å². The van der Waals surface area contributed by atoms with Crippen LogP contribution in [0.4, 0.5) is 5.69 Å². The molecule has 4 aliphatic carbocycles. The number of fused-ring (bicyclic) bond motifs is 1. The van der Waals surface area contributed by atoms with E-state index in [-0.39, 0.29) is 17.9 Å². The minimum absolute atomic E-state index is 0.0616. The molecule has 1 atom stereocenters. The van der Waals surface area contributed by atoms with Gasteiger partial charge in [0.25, 0.3) is 0 Å². The number of pyridine rings is 1. The maximum absolute atomic E-state index is 13.1. The molecule has 3 N–H and O–H groups in total. The lowest BCUT2D eigenvalue weighted by Crippen LogP contribution is -2.47. The van der Waals surface area contributed by atoms with Crippen molar-refractivity contribution in [1.29, 1.82) is 0 Å². The van der Waals surface area contributed by atoms with Crippen molar-refractivity contribution in [3.63, 3.8) is 0 Å². The van der Waals surface area contributed by atoms with Gasteiger partial charge in [-0.3, -0.25) is 9.78 Å². The zero-order valence-electron chi connectivity index (χ0n) is 17.8. The van der Waals surface area contributed by atoms with E-state index in [1.807, 2.05) is 18.2 Å². The van der Waals surface area contributed by atoms with Gasteiger partial charge in [-0.2, -0.15) is 0 Å². The van der Waals surface area contributed by atoms with E-state index in [2.05, 4.69) is 10.3 Å². The first-order valence-electron chi connectivity index (χ1n) is 11.6. The van der Waals surface area contributed by atoms with Gasteiger partial charge < -0.3 is 15.5 Å². The summed E-state index contributed by atoms with van der Waals surface area (Å²) in [5.74, 6) is 2.54. The van der Waals surface area contributed by atoms with Crippen molar-refractivity contribution in [2.24, 2.45) is 23.2 Å². The fraction of sp³-hybridized carbons (Fsp3) is 0.600. The van der Waals surface area contributed by atoms with Crippen LogP contribution in [0.15, 0.2) is 24.3 Å². The lowest BCUT2D eigenvalue weighted by molar-refractivity contribution is -0.124. The molecule has 4 bridgehead atoms. The van der Waals surface area contributed by atoms with Gasteiger partial charge in [-0.15, -0.1) is 0 Å². The van der Waals surface area contributed by atoms with E-state index >= 15 is 0 Å². The van der Waals surface area contributed by atoms with Crippen LogP contribution in [0.1, 0.15) is 57.1 Å². The number of amides is 1. The Bertz CT molecular complexity index is 957. The zero-order chi connectivity index (χ0) is 21.6. The summed E-state index contributed by atoms with van der Waals surface area (Å²) in [6.07, 6.45) is 8.64. The van der Waals surface area contributed by atoms with Crippen molar-refractivity contribution >= 4 is 34.1 Å². The van der Waals surface area contributed by atoms with Crippen LogP contribution in [0.5, 0.6) is 0 Å². The van der Waals surface area contributed by atoms with E-state index in [1.165, 1.54) is 38.5 Å². The van der Waals surface area contributed by atoms with Gasteiger partial charge in [-0.1, -0.05) is 11.6 Å². The van der Waals surface area contributed by atoms with Gasteiger partial charge >= 0.3 is 0 Å². The molecule has 0 saturated heterocycles. The fourth-order valence-electron chi connectivity index (χ4n) is 6.92. The molecule has 1 aromatic heterocycles. The molecule has 6 rings (SSSR count). The Morgan fingerprint density at radius 1 is 1.13 bits per heavy atom. The molecule has 1 heterocycles. The van der Waals surface area contributed by atoms with Gasteiger partial charge in [0.2, 0.25) is 5.91 Å². The number of aliphatic hydroxyl groups is 2. The van der Waals surface area contributed by atoms with E-state index in [9.17, 15) is 9.90 Å². The minimum atomic E-state index is -0.734. The van der Waals surface area contributed by atoms with Crippen LogP contribution < -0.4 is 5.32 Å². The first-order valence-corrected chi connectivity index (χ1v) is 12.0. The second-order valence-corrected chi connectivity index (χ2v) is 10.7. The minimum Gasteiger partial charge on any atom is -0.394 e. The molecule has 6 heteroatoms. The quantitative estimate of drug-likeness (QED) is 0.579. The second-order valence-electron chi connectivity index (χ2n) is 10.3. The van der Waals surface area contributed by atoms with Crippen molar-refractivity contribution in [2.75, 3.05) is 11.9 Å². The standard InChI is InChI=1S/C25H31ClN2O3/c26-21-5-6-22-20(4-2-18(27-22)1-3-19(30)14-29)24(21)28-23(31)13-25-10-15-7-16(11-25)9-17(8-15)12-25/h2,4-6,15-17,19,29-30H,1,3,7-14H2,(H,28,31). The Morgan fingerprint density at radius 3 is 2.45 bits per heavy atom. The molecular weight excluding hydrogens is 412 g/mol. The molecule has 2 aromatic rings. The molecule has 0 radical (unpaired) electrons. The number of nitrogens with one attached hydrogen (secondary N) is 1. The number of aryl methyl sites for hydroxylation is 1. The third kappa shape index (κ3) is 4.33. The molecule has 0 spiro atoms. The highest BCUT2D eigenvalue weighted by molar-refractivity contribution is 6.35. The molecule has 1 aromatic carbocycles. The number of benzene rings is 1. The molecular formula is C25H31ClN2O3. The van der Waals surface area contributed by atoms with Crippen LogP contribution >= 0.6 is 11.6 Å². The largest absolute Gasteiger partial charge is 0.394 e. The number of hydrogen-bond donors (Lipinski definition) is 3. The highest BCUT2D eigenvalue weighted by Gasteiger charge is 2.51. The third-order valence-electron chi connectivity index (χ3n) is 7.79. The molecule has 1 amide bonds. The Labute approximate surface area is 188 Å². The molecule has 0 aliphatic heterocycles. The Balaban J connectivity index is 1.32. The molecule has 4 fully saturated rings. The van der Waals surface area contributed by atoms with E-state index < -0.39 is 6.10 Å². The lowest BCUT2D eigenvalue weighted by atomic mass is 9.49. The number of nitrogens with zero attached hydrogens (tertiary/aromatic N) is 1. The van der Waals surface area contributed by atoms with Gasteiger partial charge in [0.05, 0.1) is 28.9 Å². The van der Waals surface area contributed by atoms with Crippen LogP contribution in [-0.4, -0.2) is 33.8 Å². The highest BCUT2D eigenvalue weighted by atomic mass is 35.5. The lowest BCUT2D eigenvalue weighted by Gasteiger charge is -2.56. The summed E-state index contributed by atoms with van der Waals surface area (Å²) in [4.78, 5) is 17.8. The van der Waals surface area contributed by atoms with Gasteiger partial charge in [0.15, 0.2) is 0 Å². The van der Waals surface area contributed by atoms with Crippen molar-refractivity contribution < 1.29 is 15.0 Å². The molecule has 1 unspecified atom stereocenters. The number of carbonyl (C=O) groups is 1. The molecule has 166 valence electrons. The topological polar surface area (TPSA) is 82.5 Å². The second kappa shape index (κ2) is 8.34. The highest BCUT2D eigenvalue weighted by Crippen LogP contribution is 2.61. The van der Waals surface area contributed by atoms with Crippen LogP contribution in [0, 0.1) is 23.2 Å². The summed E-state index contributed by atoms with van der Waals surface area (Å²) in [6.45, 7) is -0.247. The number of rotatable bonds is 7. The van der Waals surface area contributed by atoms with E-state index in [0.29, 0.717) is 30.0 Å². The summed E-state index contributed by atoms with van der Waals surface area (Å²) < 4.78 is 0. The first-order chi connectivity index (χ1) is 14.9. The van der Waals surface area contributed by atoms with Crippen LogP contribution in [0.3, 0.4) is 0 Å². The molecule has 4 saturated carbocycles. The number of aliphatic hydroxyl groups excluding tert-OH is 2. The predicted molar refractivity (Wildman–Crippen MR) is 122 cm³/mol. The summed E-state index contributed by atoms with van der Waals surface area (Å²) in [5, 5.41) is 23.1. The summed E-state index contributed by atoms with van der Waals surface area (Å²) in [7, 11) is 0. The van der Waals surface area contributed by atoms with Crippen molar-refractivity contribution in [3.05, 3.63) is 35.0 Å². The Kier molecular flexibility index (Phi) is 5.70. The first kappa shape index (κ1) is 21.2. The average Bonchev–Trinajstić information content (AvgIpc) is 2.72. The van der Waals surface area contributed by atoms with Gasteiger partial charge in [0.1, 0.15) is 0 Å². The normalized spacial score (nSPS) is 30.0. The molecule has 31 heavy (non-hydrogen) atoms. The smallest absolute Gasteiger partial charge is 0.224 e. The summed E-state index contributed by atoms with van der Waals surface area (Å²) >= 11 is 6.48. The van der Waals surface area contributed by atoms with Crippen LogP contribution in [-0.2, 0) is 11.2 Å². The van der Waals surface area contributed by atoms with Crippen molar-refractivity contribution in [2.45, 2.75) is 63.9 Å². The summed E-state index contributed by atoms with van der Waals surface area (Å²) in [5.41, 5.74) is 2.44. The predicted octanol–water partition coefficient (Wildman–Crippen LogP) is 4.72. The van der Waals surface area contributed by atoms with Gasteiger partial charge in [-0.25, -0.2) is 0 Å². The van der Waals surface area contributed by atoms with E-state index in [0.717, 1.165) is 34.4 Å². The van der Waals surface area contributed by atoms with Crippen LogP contribution in [0.2, 0.25) is 5.02 Å². The van der Waals surface area contributed by atoms with Gasteiger partial charge in [0, 0.05) is 17.5 Å². The van der Waals surface area contributed by atoms with Crippen LogP contribution in [0.25, 0.3) is 10.9 Å². The summed E-state index contributed by atoms with van der Waals surface area (Å²) in [6, 6.07) is 7.48. The zero-order valence-corrected chi connectivity index (χ0v) is 18.6. The average molecular weight is 443 g/mol.